The second kappa shape index (κ2) is 8.46. The molecule has 4 nitrogen and oxygen atoms in total. The third kappa shape index (κ3) is 4.02. The first-order valence-electron chi connectivity index (χ1n) is 11.1. The maximum absolute atomic E-state index is 12.9. The molecular formula is C27H27NO3. The summed E-state index contributed by atoms with van der Waals surface area (Å²) >= 11 is 0. The minimum atomic E-state index is -0.211. The summed E-state index contributed by atoms with van der Waals surface area (Å²) in [4.78, 5) is 14.8. The van der Waals surface area contributed by atoms with Gasteiger partial charge in [-0.15, -0.1) is 0 Å². The molecule has 0 spiro atoms. The second-order valence-corrected chi connectivity index (χ2v) is 8.63. The van der Waals surface area contributed by atoms with Crippen LogP contribution in [0.2, 0.25) is 0 Å². The van der Waals surface area contributed by atoms with E-state index in [2.05, 4.69) is 48.5 Å². The minimum Gasteiger partial charge on any atom is -0.508 e. The molecule has 3 aromatic rings. The molecular weight excluding hydrogens is 386 g/mol. The number of fused-ring (bicyclic) bond motifs is 3. The standard InChI is InChI=1S/C27H27NO3/c29-21-13-11-19(12-14-21)16-20-6-5-15-28(17-20)27(30)31-18-26-24-9-3-1-7-22(24)23-8-2-4-10-25(23)26/h1-4,7-14,20,26,29H,5-6,15-18H2. The van der Waals surface area contributed by atoms with Crippen molar-refractivity contribution in [3.05, 3.63) is 89.5 Å². The summed E-state index contributed by atoms with van der Waals surface area (Å²) in [7, 11) is 0. The molecule has 5 rings (SSSR count). The van der Waals surface area contributed by atoms with Crippen LogP contribution in [0, 0.1) is 5.92 Å². The second-order valence-electron chi connectivity index (χ2n) is 8.63. The number of ether oxygens (including phenoxy) is 1. The van der Waals surface area contributed by atoms with Gasteiger partial charge in [0.1, 0.15) is 12.4 Å². The van der Waals surface area contributed by atoms with Gasteiger partial charge in [-0.3, -0.25) is 0 Å². The maximum atomic E-state index is 12.9. The Balaban J connectivity index is 1.23. The van der Waals surface area contributed by atoms with Gasteiger partial charge in [0.15, 0.2) is 0 Å². The third-order valence-corrected chi connectivity index (χ3v) is 6.57. The highest BCUT2D eigenvalue weighted by Crippen LogP contribution is 2.44. The number of phenolic OH excluding ortho intramolecular Hbond substituents is 1. The van der Waals surface area contributed by atoms with Crippen LogP contribution in [-0.2, 0) is 11.2 Å². The van der Waals surface area contributed by atoms with Gasteiger partial charge in [0.05, 0.1) is 0 Å². The molecule has 31 heavy (non-hydrogen) atoms. The molecule has 0 radical (unpaired) electrons. The van der Waals surface area contributed by atoms with Crippen LogP contribution >= 0.6 is 0 Å². The molecule has 1 amide bonds. The fraction of sp³-hybridized carbons (Fsp3) is 0.296. The van der Waals surface area contributed by atoms with Gasteiger partial charge in [0, 0.05) is 19.0 Å². The first-order valence-corrected chi connectivity index (χ1v) is 11.1. The first kappa shape index (κ1) is 19.7. The monoisotopic (exact) mass is 413 g/mol. The van der Waals surface area contributed by atoms with Crippen LogP contribution in [0.4, 0.5) is 4.79 Å². The lowest BCUT2D eigenvalue weighted by molar-refractivity contribution is 0.0823. The van der Waals surface area contributed by atoms with Crippen molar-refractivity contribution in [3.8, 4) is 16.9 Å². The molecule has 1 unspecified atom stereocenters. The highest BCUT2D eigenvalue weighted by atomic mass is 16.6. The average Bonchev–Trinajstić information content (AvgIpc) is 3.13. The molecule has 1 fully saturated rings. The zero-order chi connectivity index (χ0) is 21.2. The summed E-state index contributed by atoms with van der Waals surface area (Å²) in [5, 5.41) is 9.48. The van der Waals surface area contributed by atoms with E-state index < -0.39 is 0 Å². The zero-order valence-corrected chi connectivity index (χ0v) is 17.5. The first-order chi connectivity index (χ1) is 15.2. The van der Waals surface area contributed by atoms with Gasteiger partial charge < -0.3 is 14.7 Å². The average molecular weight is 414 g/mol. The highest BCUT2D eigenvalue weighted by Gasteiger charge is 2.30. The summed E-state index contributed by atoms with van der Waals surface area (Å²) in [6.45, 7) is 1.84. The van der Waals surface area contributed by atoms with Crippen LogP contribution in [0.1, 0.15) is 35.4 Å². The Morgan fingerprint density at radius 2 is 1.58 bits per heavy atom. The van der Waals surface area contributed by atoms with Crippen LogP contribution in [0.25, 0.3) is 11.1 Å². The number of hydrogen-bond donors (Lipinski definition) is 1. The van der Waals surface area contributed by atoms with E-state index in [0.29, 0.717) is 12.5 Å². The molecule has 4 heteroatoms. The van der Waals surface area contributed by atoms with E-state index in [1.54, 1.807) is 12.1 Å². The molecule has 1 aliphatic carbocycles. The number of phenols is 1. The van der Waals surface area contributed by atoms with Crippen molar-refractivity contribution in [2.24, 2.45) is 5.92 Å². The number of piperidine rings is 1. The third-order valence-electron chi connectivity index (χ3n) is 6.57. The number of carbonyl (C=O) groups is 1. The van der Waals surface area contributed by atoms with Gasteiger partial charge in [-0.2, -0.15) is 0 Å². The van der Waals surface area contributed by atoms with Crippen LogP contribution in [0.3, 0.4) is 0 Å². The molecule has 0 aromatic heterocycles. The normalized spacial score (nSPS) is 17.8. The molecule has 1 atom stereocenters. The number of carbonyl (C=O) groups excluding carboxylic acids is 1. The number of rotatable bonds is 4. The predicted octanol–water partition coefficient (Wildman–Crippen LogP) is 5.60. The summed E-state index contributed by atoms with van der Waals surface area (Å²) < 4.78 is 5.85. The highest BCUT2D eigenvalue weighted by molar-refractivity contribution is 5.79. The van der Waals surface area contributed by atoms with Gasteiger partial charge in [0.25, 0.3) is 0 Å². The van der Waals surface area contributed by atoms with Gasteiger partial charge in [-0.25, -0.2) is 4.79 Å². The Kier molecular flexibility index (Phi) is 5.37. The van der Waals surface area contributed by atoms with Crippen LogP contribution in [0.15, 0.2) is 72.8 Å². The van der Waals surface area contributed by atoms with Crippen molar-refractivity contribution in [3.63, 3.8) is 0 Å². The lowest BCUT2D eigenvalue weighted by Crippen LogP contribution is -2.41. The SMILES string of the molecule is O=C(OCC1c2ccccc2-c2ccccc21)N1CCCC(Cc2ccc(O)cc2)C1. The molecule has 2 aliphatic rings. The van der Waals surface area contributed by atoms with Crippen LogP contribution in [0.5, 0.6) is 5.75 Å². The van der Waals surface area contributed by atoms with Gasteiger partial charge in [0.2, 0.25) is 0 Å². The molecule has 0 bridgehead atoms. The maximum Gasteiger partial charge on any atom is 0.409 e. The predicted molar refractivity (Wildman–Crippen MR) is 121 cm³/mol. The molecule has 1 saturated heterocycles. The molecule has 158 valence electrons. The number of likely N-dealkylation sites (tertiary alicyclic amines) is 1. The number of amides is 1. The Morgan fingerprint density at radius 3 is 2.26 bits per heavy atom. The van der Waals surface area contributed by atoms with Gasteiger partial charge >= 0.3 is 6.09 Å². The van der Waals surface area contributed by atoms with E-state index >= 15 is 0 Å². The summed E-state index contributed by atoms with van der Waals surface area (Å²) in [5.74, 6) is 0.792. The van der Waals surface area contributed by atoms with Crippen molar-refractivity contribution >= 4 is 6.09 Å². The molecule has 1 heterocycles. The quantitative estimate of drug-likeness (QED) is 0.606. The topological polar surface area (TPSA) is 49.8 Å². The van der Waals surface area contributed by atoms with E-state index in [0.717, 1.165) is 32.4 Å². The van der Waals surface area contributed by atoms with Crippen molar-refractivity contribution in [2.45, 2.75) is 25.2 Å². The van der Waals surface area contributed by atoms with E-state index in [9.17, 15) is 9.90 Å². The lowest BCUT2D eigenvalue weighted by Gasteiger charge is -2.32. The lowest BCUT2D eigenvalue weighted by atomic mass is 9.91. The minimum absolute atomic E-state index is 0.0916. The van der Waals surface area contributed by atoms with E-state index in [4.69, 9.17) is 4.74 Å². The van der Waals surface area contributed by atoms with Crippen molar-refractivity contribution in [2.75, 3.05) is 19.7 Å². The Labute approximate surface area is 183 Å². The number of benzene rings is 3. The van der Waals surface area contributed by atoms with Crippen molar-refractivity contribution in [1.29, 1.82) is 0 Å². The fourth-order valence-electron chi connectivity index (χ4n) is 5.05. The summed E-state index contributed by atoms with van der Waals surface area (Å²) in [6.07, 6.45) is 2.80. The molecule has 1 aliphatic heterocycles. The Hall–Kier alpha value is -3.27. The smallest absolute Gasteiger partial charge is 0.409 e. The largest absolute Gasteiger partial charge is 0.508 e. The van der Waals surface area contributed by atoms with Crippen molar-refractivity contribution < 1.29 is 14.6 Å². The van der Waals surface area contributed by atoms with Crippen molar-refractivity contribution in [1.82, 2.24) is 4.90 Å². The summed E-state index contributed by atoms with van der Waals surface area (Å²) in [6, 6.07) is 24.2. The molecule has 1 N–H and O–H groups in total. The van der Waals surface area contributed by atoms with Gasteiger partial charge in [-0.1, -0.05) is 60.7 Å². The van der Waals surface area contributed by atoms with Gasteiger partial charge in [-0.05, 0) is 65.1 Å². The molecule has 3 aromatic carbocycles. The number of aromatic hydroxyl groups is 1. The fourth-order valence-corrected chi connectivity index (χ4v) is 5.05. The van der Waals surface area contributed by atoms with Crippen LogP contribution in [-0.4, -0.2) is 35.8 Å². The van der Waals surface area contributed by atoms with E-state index in [-0.39, 0.29) is 17.8 Å². The van der Waals surface area contributed by atoms with E-state index in [1.807, 2.05) is 17.0 Å². The Morgan fingerprint density at radius 1 is 0.935 bits per heavy atom. The van der Waals surface area contributed by atoms with E-state index in [1.165, 1.54) is 27.8 Å². The number of hydrogen-bond acceptors (Lipinski definition) is 3. The molecule has 0 saturated carbocycles. The zero-order valence-electron chi connectivity index (χ0n) is 17.5. The van der Waals surface area contributed by atoms with Crippen LogP contribution < -0.4 is 0 Å². The Bertz CT molecular complexity index is 1030. The number of nitrogens with zero attached hydrogens (tertiary/aromatic N) is 1. The summed E-state index contributed by atoms with van der Waals surface area (Å²) in [5.41, 5.74) is 6.15.